The zero-order valence-corrected chi connectivity index (χ0v) is 13.9. The van der Waals surface area contributed by atoms with Crippen molar-refractivity contribution < 1.29 is 14.5 Å². The summed E-state index contributed by atoms with van der Waals surface area (Å²) in [5.41, 5.74) is 0.860. The number of nitro groups is 1. The number of thiocarbonyl (C=S) groups is 1. The lowest BCUT2D eigenvalue weighted by atomic mass is 10.2. The molecule has 2 aromatic carbocycles. The number of non-ortho nitro benzene ring substituents is 1. The minimum atomic E-state index is -0.531. The molecule has 2 aromatic rings. The van der Waals surface area contributed by atoms with Crippen LogP contribution in [0.1, 0.15) is 10.4 Å². The third-order valence-electron chi connectivity index (χ3n) is 3.05. The summed E-state index contributed by atoms with van der Waals surface area (Å²) >= 11 is 5.09. The van der Waals surface area contributed by atoms with Crippen molar-refractivity contribution in [2.24, 2.45) is 0 Å². The van der Waals surface area contributed by atoms with Crippen molar-refractivity contribution in [3.8, 4) is 5.75 Å². The van der Waals surface area contributed by atoms with Crippen LogP contribution in [0.4, 0.5) is 11.4 Å². The second-order valence-electron chi connectivity index (χ2n) is 4.84. The Kier molecular flexibility index (Phi) is 6.19. The molecule has 7 nitrogen and oxygen atoms in total. The number of ether oxygens (including phenoxy) is 1. The summed E-state index contributed by atoms with van der Waals surface area (Å²) in [6.45, 7) is 3.98. The molecule has 0 aliphatic heterocycles. The minimum Gasteiger partial charge on any atom is -0.490 e. The van der Waals surface area contributed by atoms with Gasteiger partial charge in [-0.2, -0.15) is 0 Å². The van der Waals surface area contributed by atoms with E-state index >= 15 is 0 Å². The first-order valence-electron chi connectivity index (χ1n) is 7.20. The van der Waals surface area contributed by atoms with Gasteiger partial charge in [0.25, 0.3) is 11.6 Å². The van der Waals surface area contributed by atoms with E-state index in [2.05, 4.69) is 17.2 Å². The van der Waals surface area contributed by atoms with E-state index in [0.717, 1.165) is 0 Å². The Morgan fingerprint density at radius 1 is 1.20 bits per heavy atom. The van der Waals surface area contributed by atoms with Crippen molar-refractivity contribution in [3.05, 3.63) is 76.9 Å². The SMILES string of the molecule is C=CCOc1ccc(NC(=S)NC(=O)c2ccc([N+](=O)[O-])cc2)cc1. The van der Waals surface area contributed by atoms with Crippen molar-refractivity contribution in [3.63, 3.8) is 0 Å². The molecule has 2 N–H and O–H groups in total. The molecule has 2 rings (SSSR count). The number of benzene rings is 2. The highest BCUT2D eigenvalue weighted by Gasteiger charge is 2.11. The molecule has 0 spiro atoms. The average molecular weight is 357 g/mol. The Balaban J connectivity index is 1.91. The van der Waals surface area contributed by atoms with Gasteiger partial charge in [-0.3, -0.25) is 20.2 Å². The molecule has 0 saturated carbocycles. The van der Waals surface area contributed by atoms with Crippen LogP contribution in [-0.4, -0.2) is 22.5 Å². The normalized spacial score (nSPS) is 9.76. The summed E-state index contributed by atoms with van der Waals surface area (Å²) in [4.78, 5) is 22.1. The van der Waals surface area contributed by atoms with Crippen LogP contribution in [0.5, 0.6) is 5.75 Å². The Morgan fingerprint density at radius 2 is 1.84 bits per heavy atom. The molecule has 0 radical (unpaired) electrons. The van der Waals surface area contributed by atoms with E-state index < -0.39 is 10.8 Å². The number of amides is 1. The Hall–Kier alpha value is -3.26. The van der Waals surface area contributed by atoms with Crippen molar-refractivity contribution in [2.75, 3.05) is 11.9 Å². The van der Waals surface area contributed by atoms with Crippen LogP contribution < -0.4 is 15.4 Å². The van der Waals surface area contributed by atoms with Gasteiger partial charge in [-0.15, -0.1) is 0 Å². The van der Waals surface area contributed by atoms with E-state index in [1.165, 1.54) is 24.3 Å². The maximum absolute atomic E-state index is 12.1. The van der Waals surface area contributed by atoms with Crippen LogP contribution in [0.3, 0.4) is 0 Å². The third-order valence-corrected chi connectivity index (χ3v) is 3.25. The zero-order chi connectivity index (χ0) is 18.2. The van der Waals surface area contributed by atoms with Crippen LogP contribution in [0.25, 0.3) is 0 Å². The average Bonchev–Trinajstić information content (AvgIpc) is 2.61. The fraction of sp³-hybridized carbons (Fsp3) is 0.0588. The minimum absolute atomic E-state index is 0.0870. The quantitative estimate of drug-likeness (QED) is 0.357. The molecule has 1 amide bonds. The van der Waals surface area contributed by atoms with Gasteiger partial charge in [-0.1, -0.05) is 12.7 Å². The van der Waals surface area contributed by atoms with Crippen molar-refractivity contribution in [2.45, 2.75) is 0 Å². The van der Waals surface area contributed by atoms with Gasteiger partial charge in [-0.25, -0.2) is 0 Å². The monoisotopic (exact) mass is 357 g/mol. The first-order chi connectivity index (χ1) is 12.0. The third kappa shape index (κ3) is 5.40. The van der Waals surface area contributed by atoms with Gasteiger partial charge in [0, 0.05) is 23.4 Å². The number of carbonyl (C=O) groups excluding carboxylic acids is 1. The highest BCUT2D eigenvalue weighted by Crippen LogP contribution is 2.16. The second kappa shape index (κ2) is 8.55. The maximum Gasteiger partial charge on any atom is 0.269 e. The molecule has 0 aromatic heterocycles. The lowest BCUT2D eigenvalue weighted by molar-refractivity contribution is -0.384. The first-order valence-corrected chi connectivity index (χ1v) is 7.61. The van der Waals surface area contributed by atoms with Gasteiger partial charge in [-0.05, 0) is 48.6 Å². The zero-order valence-electron chi connectivity index (χ0n) is 13.1. The molecule has 0 heterocycles. The molecule has 128 valence electrons. The van der Waals surface area contributed by atoms with Gasteiger partial charge in [0.05, 0.1) is 4.92 Å². The Morgan fingerprint density at radius 3 is 2.40 bits per heavy atom. The smallest absolute Gasteiger partial charge is 0.269 e. The lowest BCUT2D eigenvalue weighted by Gasteiger charge is -2.10. The highest BCUT2D eigenvalue weighted by atomic mass is 32.1. The summed E-state index contributed by atoms with van der Waals surface area (Å²) < 4.78 is 5.37. The molecule has 0 bridgehead atoms. The van der Waals surface area contributed by atoms with E-state index in [0.29, 0.717) is 18.0 Å². The predicted octanol–water partition coefficient (Wildman–Crippen LogP) is 3.29. The topological polar surface area (TPSA) is 93.5 Å². The number of hydrogen-bond acceptors (Lipinski definition) is 5. The maximum atomic E-state index is 12.1. The van der Waals surface area contributed by atoms with Gasteiger partial charge in [0.15, 0.2) is 5.11 Å². The first kappa shape index (κ1) is 18.1. The van der Waals surface area contributed by atoms with E-state index in [4.69, 9.17) is 17.0 Å². The standard InChI is InChI=1S/C17H15N3O4S/c1-2-11-24-15-9-5-13(6-10-15)18-17(25)19-16(21)12-3-7-14(8-4-12)20(22)23/h2-10H,1,11H2,(H2,18,19,21,25). The van der Waals surface area contributed by atoms with Crippen LogP contribution in [-0.2, 0) is 0 Å². The van der Waals surface area contributed by atoms with Crippen LogP contribution >= 0.6 is 12.2 Å². The fourth-order valence-electron chi connectivity index (χ4n) is 1.86. The lowest BCUT2D eigenvalue weighted by Crippen LogP contribution is -2.34. The molecular weight excluding hydrogens is 342 g/mol. The summed E-state index contributed by atoms with van der Waals surface area (Å²) in [5, 5.41) is 16.1. The van der Waals surface area contributed by atoms with E-state index in [-0.39, 0.29) is 16.4 Å². The van der Waals surface area contributed by atoms with Crippen molar-refractivity contribution in [1.82, 2.24) is 5.32 Å². The molecule has 0 aliphatic carbocycles. The summed E-state index contributed by atoms with van der Waals surface area (Å²) in [6.07, 6.45) is 1.65. The summed E-state index contributed by atoms with van der Waals surface area (Å²) in [5.74, 6) is 0.226. The van der Waals surface area contributed by atoms with Gasteiger partial charge >= 0.3 is 0 Å². The molecule has 0 atom stereocenters. The van der Waals surface area contributed by atoms with Gasteiger partial charge in [0.1, 0.15) is 12.4 Å². The highest BCUT2D eigenvalue weighted by molar-refractivity contribution is 7.80. The predicted molar refractivity (Wildman–Crippen MR) is 98.9 cm³/mol. The second-order valence-corrected chi connectivity index (χ2v) is 5.24. The van der Waals surface area contributed by atoms with Gasteiger partial charge < -0.3 is 10.1 Å². The molecule has 0 aliphatic rings. The fourth-order valence-corrected chi connectivity index (χ4v) is 2.07. The molecule has 0 fully saturated rings. The largest absolute Gasteiger partial charge is 0.490 e. The Labute approximate surface area is 149 Å². The molecular formula is C17H15N3O4S. The number of hydrogen-bond donors (Lipinski definition) is 2. The molecule has 8 heteroatoms. The number of nitrogens with zero attached hydrogens (tertiary/aromatic N) is 1. The van der Waals surface area contributed by atoms with E-state index in [9.17, 15) is 14.9 Å². The van der Waals surface area contributed by atoms with Crippen LogP contribution in [0.15, 0.2) is 61.2 Å². The van der Waals surface area contributed by atoms with Crippen LogP contribution in [0.2, 0.25) is 0 Å². The number of anilines is 1. The summed E-state index contributed by atoms with van der Waals surface area (Å²) in [7, 11) is 0. The molecule has 25 heavy (non-hydrogen) atoms. The number of rotatable bonds is 6. The van der Waals surface area contributed by atoms with E-state index in [1.807, 2.05) is 0 Å². The van der Waals surface area contributed by atoms with Crippen LogP contribution in [0, 0.1) is 10.1 Å². The molecule has 0 unspecified atom stereocenters. The van der Waals surface area contributed by atoms with Gasteiger partial charge in [0.2, 0.25) is 0 Å². The Bertz CT molecular complexity index is 789. The number of carbonyl (C=O) groups is 1. The van der Waals surface area contributed by atoms with E-state index in [1.54, 1.807) is 30.3 Å². The number of nitrogens with one attached hydrogen (secondary N) is 2. The van der Waals surface area contributed by atoms with Crippen molar-refractivity contribution >= 4 is 34.6 Å². The number of nitro benzene ring substituents is 1. The van der Waals surface area contributed by atoms with Crippen molar-refractivity contribution in [1.29, 1.82) is 0 Å². The summed E-state index contributed by atoms with van der Waals surface area (Å²) in [6, 6.07) is 12.3. The molecule has 0 saturated heterocycles.